The number of nitrogens with zero attached hydrogens (tertiary/aromatic N) is 4. The Morgan fingerprint density at radius 1 is 1.24 bits per heavy atom. The minimum absolute atomic E-state index is 0.797. The minimum Gasteiger partial charge on any atom is -0.269 e. The van der Waals surface area contributed by atoms with Crippen LogP contribution in [-0.2, 0) is 13.0 Å². The number of rotatable bonds is 2. The second-order valence-electron chi connectivity index (χ2n) is 4.01. The first-order valence-corrected chi connectivity index (χ1v) is 5.94. The molecule has 0 fully saturated rings. The van der Waals surface area contributed by atoms with E-state index in [9.17, 15) is 0 Å². The SMILES string of the molecule is CCc1c2c(cnc3ncccc32)nn1CC. The molecule has 0 aliphatic rings. The molecule has 0 saturated carbocycles. The number of pyridine rings is 2. The third-order valence-electron chi connectivity index (χ3n) is 3.08. The normalized spacial score (nSPS) is 11.4. The first-order chi connectivity index (χ1) is 8.35. The summed E-state index contributed by atoms with van der Waals surface area (Å²) in [6.45, 7) is 5.16. The summed E-state index contributed by atoms with van der Waals surface area (Å²) in [6, 6.07) is 4.02. The molecular weight excluding hydrogens is 212 g/mol. The van der Waals surface area contributed by atoms with Gasteiger partial charge in [0, 0.05) is 29.2 Å². The molecule has 0 atom stereocenters. The van der Waals surface area contributed by atoms with Crippen LogP contribution in [-0.4, -0.2) is 19.7 Å². The van der Waals surface area contributed by atoms with Crippen LogP contribution in [0.4, 0.5) is 0 Å². The van der Waals surface area contributed by atoms with Gasteiger partial charge in [0.1, 0.15) is 5.52 Å². The quantitative estimate of drug-likeness (QED) is 0.674. The monoisotopic (exact) mass is 226 g/mol. The van der Waals surface area contributed by atoms with Gasteiger partial charge in [0.2, 0.25) is 0 Å². The first-order valence-electron chi connectivity index (χ1n) is 5.94. The van der Waals surface area contributed by atoms with Gasteiger partial charge >= 0.3 is 0 Å². The van der Waals surface area contributed by atoms with E-state index in [0.717, 1.165) is 29.5 Å². The van der Waals surface area contributed by atoms with Gasteiger partial charge in [-0.25, -0.2) is 9.97 Å². The van der Waals surface area contributed by atoms with Crippen molar-refractivity contribution in [2.75, 3.05) is 0 Å². The highest BCUT2D eigenvalue weighted by Crippen LogP contribution is 2.25. The lowest BCUT2D eigenvalue weighted by Gasteiger charge is -2.02. The molecule has 0 bridgehead atoms. The molecule has 0 aliphatic carbocycles. The molecule has 3 aromatic rings. The molecule has 0 unspecified atom stereocenters. The van der Waals surface area contributed by atoms with Crippen LogP contribution < -0.4 is 0 Å². The van der Waals surface area contributed by atoms with Crippen molar-refractivity contribution in [3.63, 3.8) is 0 Å². The lowest BCUT2D eigenvalue weighted by molar-refractivity contribution is 0.633. The highest BCUT2D eigenvalue weighted by Gasteiger charge is 2.12. The molecule has 0 radical (unpaired) electrons. The van der Waals surface area contributed by atoms with Crippen molar-refractivity contribution >= 4 is 21.9 Å². The number of aromatic nitrogens is 4. The zero-order valence-electron chi connectivity index (χ0n) is 10.0. The smallest absolute Gasteiger partial charge is 0.159 e. The molecule has 3 aromatic heterocycles. The topological polar surface area (TPSA) is 43.6 Å². The highest BCUT2D eigenvalue weighted by molar-refractivity contribution is 6.04. The van der Waals surface area contributed by atoms with Gasteiger partial charge in [-0.15, -0.1) is 0 Å². The fraction of sp³-hybridized carbons (Fsp3) is 0.308. The van der Waals surface area contributed by atoms with Crippen molar-refractivity contribution in [1.29, 1.82) is 0 Å². The van der Waals surface area contributed by atoms with Crippen molar-refractivity contribution in [3.8, 4) is 0 Å². The van der Waals surface area contributed by atoms with E-state index in [1.54, 1.807) is 6.20 Å². The zero-order chi connectivity index (χ0) is 11.8. The highest BCUT2D eigenvalue weighted by atomic mass is 15.3. The van der Waals surface area contributed by atoms with Crippen LogP contribution in [0.2, 0.25) is 0 Å². The minimum atomic E-state index is 0.797. The third-order valence-corrected chi connectivity index (χ3v) is 3.08. The molecule has 3 rings (SSSR count). The molecule has 4 nitrogen and oxygen atoms in total. The zero-order valence-corrected chi connectivity index (χ0v) is 10.0. The van der Waals surface area contributed by atoms with Gasteiger partial charge in [-0.3, -0.25) is 4.68 Å². The molecule has 0 aromatic carbocycles. The van der Waals surface area contributed by atoms with Crippen LogP contribution in [0.5, 0.6) is 0 Å². The van der Waals surface area contributed by atoms with E-state index in [2.05, 4.69) is 39.7 Å². The largest absolute Gasteiger partial charge is 0.269 e. The average Bonchev–Trinajstić information content (AvgIpc) is 2.76. The maximum Gasteiger partial charge on any atom is 0.159 e. The molecule has 3 heterocycles. The Balaban J connectivity index is 2.51. The summed E-state index contributed by atoms with van der Waals surface area (Å²) in [4.78, 5) is 8.64. The predicted octanol–water partition coefficient (Wildman–Crippen LogP) is 2.56. The summed E-state index contributed by atoms with van der Waals surface area (Å²) < 4.78 is 2.05. The van der Waals surface area contributed by atoms with E-state index >= 15 is 0 Å². The standard InChI is InChI=1S/C13H14N4/c1-3-11-12-9-6-5-7-14-13(9)15-8-10(12)16-17(11)4-2/h5-8H,3-4H2,1-2H3. The third kappa shape index (κ3) is 1.40. The van der Waals surface area contributed by atoms with Crippen LogP contribution in [0.1, 0.15) is 19.5 Å². The van der Waals surface area contributed by atoms with Crippen molar-refractivity contribution in [3.05, 3.63) is 30.2 Å². The Hall–Kier alpha value is -1.97. The summed E-state index contributed by atoms with van der Waals surface area (Å²) in [7, 11) is 0. The molecule has 86 valence electrons. The average molecular weight is 226 g/mol. The Kier molecular flexibility index (Phi) is 2.28. The number of hydrogen-bond acceptors (Lipinski definition) is 3. The van der Waals surface area contributed by atoms with Crippen LogP contribution in [0, 0.1) is 0 Å². The van der Waals surface area contributed by atoms with E-state index < -0.39 is 0 Å². The Bertz CT molecular complexity index is 684. The maximum absolute atomic E-state index is 4.58. The second kappa shape index (κ2) is 3.80. The molecule has 0 N–H and O–H groups in total. The van der Waals surface area contributed by atoms with E-state index in [0.29, 0.717) is 0 Å². The first kappa shape index (κ1) is 10.2. The number of hydrogen-bond donors (Lipinski definition) is 0. The molecule has 0 spiro atoms. The van der Waals surface area contributed by atoms with Crippen LogP contribution in [0.15, 0.2) is 24.5 Å². The van der Waals surface area contributed by atoms with E-state index in [1.165, 1.54) is 11.1 Å². The Labute approximate surface area is 99.3 Å². The molecule has 0 amide bonds. The van der Waals surface area contributed by atoms with Crippen LogP contribution in [0.3, 0.4) is 0 Å². The lowest BCUT2D eigenvalue weighted by Crippen LogP contribution is -2.01. The van der Waals surface area contributed by atoms with Crippen LogP contribution in [0.25, 0.3) is 21.9 Å². The van der Waals surface area contributed by atoms with Gasteiger partial charge in [-0.05, 0) is 25.5 Å². The summed E-state index contributed by atoms with van der Waals surface area (Å²) in [6.07, 6.45) is 4.56. The van der Waals surface area contributed by atoms with Crippen molar-refractivity contribution < 1.29 is 0 Å². The Morgan fingerprint density at radius 2 is 2.12 bits per heavy atom. The van der Waals surface area contributed by atoms with E-state index in [4.69, 9.17) is 0 Å². The molecule has 0 aliphatic heterocycles. The van der Waals surface area contributed by atoms with E-state index in [-0.39, 0.29) is 0 Å². The van der Waals surface area contributed by atoms with E-state index in [1.807, 2.05) is 12.3 Å². The number of fused-ring (bicyclic) bond motifs is 3. The van der Waals surface area contributed by atoms with Crippen molar-refractivity contribution in [2.45, 2.75) is 26.8 Å². The Morgan fingerprint density at radius 3 is 2.88 bits per heavy atom. The van der Waals surface area contributed by atoms with Crippen LogP contribution >= 0.6 is 0 Å². The van der Waals surface area contributed by atoms with Gasteiger partial charge in [-0.2, -0.15) is 5.10 Å². The molecule has 0 saturated heterocycles. The summed E-state index contributed by atoms with van der Waals surface area (Å²) in [5.74, 6) is 0. The van der Waals surface area contributed by atoms with Gasteiger partial charge < -0.3 is 0 Å². The molecule has 4 heteroatoms. The summed E-state index contributed by atoms with van der Waals surface area (Å²) in [5.41, 5.74) is 3.03. The summed E-state index contributed by atoms with van der Waals surface area (Å²) in [5, 5.41) is 6.88. The molecular formula is C13H14N4. The number of aryl methyl sites for hydroxylation is 2. The summed E-state index contributed by atoms with van der Waals surface area (Å²) >= 11 is 0. The maximum atomic E-state index is 4.58. The van der Waals surface area contributed by atoms with Gasteiger partial charge in [0.25, 0.3) is 0 Å². The van der Waals surface area contributed by atoms with Crippen molar-refractivity contribution in [2.24, 2.45) is 0 Å². The fourth-order valence-electron chi connectivity index (χ4n) is 2.34. The van der Waals surface area contributed by atoms with Gasteiger partial charge in [0.15, 0.2) is 5.65 Å². The van der Waals surface area contributed by atoms with Crippen molar-refractivity contribution in [1.82, 2.24) is 19.7 Å². The van der Waals surface area contributed by atoms with Gasteiger partial charge in [-0.1, -0.05) is 6.92 Å². The fourth-order valence-corrected chi connectivity index (χ4v) is 2.34. The molecule has 17 heavy (non-hydrogen) atoms. The predicted molar refractivity (Wildman–Crippen MR) is 67.9 cm³/mol. The lowest BCUT2D eigenvalue weighted by atomic mass is 10.1. The van der Waals surface area contributed by atoms with Gasteiger partial charge in [0.05, 0.1) is 6.20 Å². The second-order valence-corrected chi connectivity index (χ2v) is 4.01.